The van der Waals surface area contributed by atoms with Gasteiger partial charge in [0.1, 0.15) is 0 Å². The molecule has 0 bridgehead atoms. The fourth-order valence-corrected chi connectivity index (χ4v) is 1.35. The SMILES string of the molecule is C=CCC(O)(CC=C)CCCl. The molecule has 2 heteroatoms. The van der Waals surface area contributed by atoms with Crippen LogP contribution in [-0.2, 0) is 0 Å². The summed E-state index contributed by atoms with van der Waals surface area (Å²) < 4.78 is 0. The molecule has 0 aliphatic carbocycles. The predicted molar refractivity (Wildman–Crippen MR) is 49.9 cm³/mol. The van der Waals surface area contributed by atoms with Crippen molar-refractivity contribution in [1.82, 2.24) is 0 Å². The molecule has 64 valence electrons. The predicted octanol–water partition coefficient (Wildman–Crippen LogP) is 2.50. The van der Waals surface area contributed by atoms with Gasteiger partial charge in [-0.25, -0.2) is 0 Å². The molecule has 0 atom stereocenters. The zero-order valence-corrected chi connectivity index (χ0v) is 7.48. The van der Waals surface area contributed by atoms with Crippen molar-refractivity contribution in [2.75, 3.05) is 5.88 Å². The zero-order chi connectivity index (χ0) is 8.74. The highest BCUT2D eigenvalue weighted by atomic mass is 35.5. The topological polar surface area (TPSA) is 20.2 Å². The van der Waals surface area contributed by atoms with Gasteiger partial charge in [0, 0.05) is 5.88 Å². The summed E-state index contributed by atoms with van der Waals surface area (Å²) in [5.41, 5.74) is -0.717. The lowest BCUT2D eigenvalue weighted by molar-refractivity contribution is 0.0434. The number of aliphatic hydroxyl groups is 1. The molecule has 0 spiro atoms. The summed E-state index contributed by atoms with van der Waals surface area (Å²) in [6.45, 7) is 7.15. The maximum atomic E-state index is 9.78. The average Bonchev–Trinajstić information content (AvgIpc) is 1.88. The van der Waals surface area contributed by atoms with Crippen LogP contribution in [-0.4, -0.2) is 16.6 Å². The highest BCUT2D eigenvalue weighted by Crippen LogP contribution is 2.21. The van der Waals surface area contributed by atoms with Crippen LogP contribution in [0.15, 0.2) is 25.3 Å². The van der Waals surface area contributed by atoms with Crippen LogP contribution in [0.25, 0.3) is 0 Å². The Labute approximate surface area is 73.4 Å². The molecule has 0 aliphatic heterocycles. The third-order valence-electron chi connectivity index (χ3n) is 1.61. The van der Waals surface area contributed by atoms with Crippen molar-refractivity contribution < 1.29 is 5.11 Å². The maximum absolute atomic E-state index is 9.78. The number of halogens is 1. The van der Waals surface area contributed by atoms with Crippen molar-refractivity contribution >= 4 is 11.6 Å². The molecule has 0 unspecified atom stereocenters. The highest BCUT2D eigenvalue weighted by Gasteiger charge is 2.22. The summed E-state index contributed by atoms with van der Waals surface area (Å²) in [4.78, 5) is 0. The summed E-state index contributed by atoms with van der Waals surface area (Å²) in [5, 5.41) is 9.78. The van der Waals surface area contributed by atoms with Crippen LogP contribution in [0.4, 0.5) is 0 Å². The molecular weight excluding hydrogens is 160 g/mol. The molecule has 0 radical (unpaired) electrons. The van der Waals surface area contributed by atoms with Gasteiger partial charge in [0.2, 0.25) is 0 Å². The normalized spacial score (nSPS) is 11.1. The van der Waals surface area contributed by atoms with Gasteiger partial charge in [0.05, 0.1) is 5.60 Å². The average molecular weight is 175 g/mol. The van der Waals surface area contributed by atoms with Crippen molar-refractivity contribution in [3.05, 3.63) is 25.3 Å². The standard InChI is InChI=1S/C9H15ClO/c1-3-5-9(11,6-4-2)7-8-10/h3-4,11H,1-2,5-8H2. The Morgan fingerprint density at radius 2 is 1.73 bits per heavy atom. The smallest absolute Gasteiger partial charge is 0.0727 e. The molecule has 0 aliphatic rings. The van der Waals surface area contributed by atoms with Crippen LogP contribution in [0.1, 0.15) is 19.3 Å². The van der Waals surface area contributed by atoms with Crippen molar-refractivity contribution in [3.63, 3.8) is 0 Å². The van der Waals surface area contributed by atoms with E-state index in [1.54, 1.807) is 12.2 Å². The first kappa shape index (κ1) is 10.7. The first-order valence-electron chi connectivity index (χ1n) is 3.68. The third-order valence-corrected chi connectivity index (χ3v) is 1.80. The summed E-state index contributed by atoms with van der Waals surface area (Å²) in [6, 6.07) is 0. The van der Waals surface area contributed by atoms with E-state index in [0.29, 0.717) is 25.1 Å². The minimum absolute atomic E-state index is 0.470. The van der Waals surface area contributed by atoms with Gasteiger partial charge >= 0.3 is 0 Å². The van der Waals surface area contributed by atoms with E-state index in [4.69, 9.17) is 11.6 Å². The zero-order valence-electron chi connectivity index (χ0n) is 6.72. The minimum atomic E-state index is -0.717. The van der Waals surface area contributed by atoms with E-state index < -0.39 is 5.60 Å². The summed E-state index contributed by atoms with van der Waals surface area (Å²) in [7, 11) is 0. The highest BCUT2D eigenvalue weighted by molar-refractivity contribution is 6.17. The second-order valence-electron chi connectivity index (χ2n) is 2.65. The van der Waals surface area contributed by atoms with Crippen LogP contribution in [0.2, 0.25) is 0 Å². The van der Waals surface area contributed by atoms with Crippen molar-refractivity contribution in [3.8, 4) is 0 Å². The lowest BCUT2D eigenvalue weighted by atomic mass is 9.93. The largest absolute Gasteiger partial charge is 0.389 e. The molecule has 0 saturated heterocycles. The van der Waals surface area contributed by atoms with Gasteiger partial charge in [-0.2, -0.15) is 0 Å². The number of hydrogen-bond acceptors (Lipinski definition) is 1. The Bertz CT molecular complexity index is 122. The Kier molecular flexibility index (Phi) is 5.26. The van der Waals surface area contributed by atoms with Crippen LogP contribution >= 0.6 is 11.6 Å². The van der Waals surface area contributed by atoms with Crippen molar-refractivity contribution in [1.29, 1.82) is 0 Å². The monoisotopic (exact) mass is 174 g/mol. The molecule has 1 nitrogen and oxygen atoms in total. The van der Waals surface area contributed by atoms with Gasteiger partial charge in [-0.15, -0.1) is 24.8 Å². The second-order valence-corrected chi connectivity index (χ2v) is 3.03. The molecule has 0 aromatic heterocycles. The molecular formula is C9H15ClO. The second kappa shape index (κ2) is 5.39. The van der Waals surface area contributed by atoms with E-state index in [1.807, 2.05) is 0 Å². The molecule has 0 saturated carbocycles. The molecule has 0 rings (SSSR count). The Hall–Kier alpha value is -0.270. The molecule has 0 fully saturated rings. The minimum Gasteiger partial charge on any atom is -0.389 e. The molecule has 0 aromatic rings. The number of rotatable bonds is 6. The summed E-state index contributed by atoms with van der Waals surface area (Å²) >= 11 is 5.53. The van der Waals surface area contributed by atoms with E-state index >= 15 is 0 Å². The van der Waals surface area contributed by atoms with Crippen LogP contribution in [0.5, 0.6) is 0 Å². The Morgan fingerprint density at radius 1 is 1.27 bits per heavy atom. The van der Waals surface area contributed by atoms with E-state index in [-0.39, 0.29) is 0 Å². The van der Waals surface area contributed by atoms with E-state index in [9.17, 15) is 5.11 Å². The number of alkyl halides is 1. The fourth-order valence-electron chi connectivity index (χ4n) is 1.00. The molecule has 0 amide bonds. The number of hydrogen-bond donors (Lipinski definition) is 1. The van der Waals surface area contributed by atoms with Crippen molar-refractivity contribution in [2.24, 2.45) is 0 Å². The molecule has 11 heavy (non-hydrogen) atoms. The first-order chi connectivity index (χ1) is 5.18. The van der Waals surface area contributed by atoms with Crippen LogP contribution < -0.4 is 0 Å². The Morgan fingerprint density at radius 3 is 2.00 bits per heavy atom. The lowest BCUT2D eigenvalue weighted by Crippen LogP contribution is -2.27. The third kappa shape index (κ3) is 4.23. The van der Waals surface area contributed by atoms with Gasteiger partial charge < -0.3 is 5.11 Å². The fraction of sp³-hybridized carbons (Fsp3) is 0.556. The maximum Gasteiger partial charge on any atom is 0.0727 e. The van der Waals surface area contributed by atoms with Crippen LogP contribution in [0.3, 0.4) is 0 Å². The van der Waals surface area contributed by atoms with Gasteiger partial charge in [-0.1, -0.05) is 12.2 Å². The van der Waals surface area contributed by atoms with Gasteiger partial charge in [0.15, 0.2) is 0 Å². The summed E-state index contributed by atoms with van der Waals surface area (Å²) in [5.74, 6) is 0.470. The summed E-state index contributed by atoms with van der Waals surface area (Å²) in [6.07, 6.45) is 5.15. The van der Waals surface area contributed by atoms with Gasteiger partial charge in [-0.3, -0.25) is 0 Å². The Balaban J connectivity index is 3.98. The quantitative estimate of drug-likeness (QED) is 0.485. The molecule has 0 aromatic carbocycles. The molecule has 1 N–H and O–H groups in total. The molecule has 0 heterocycles. The van der Waals surface area contributed by atoms with E-state index in [2.05, 4.69) is 13.2 Å². The van der Waals surface area contributed by atoms with E-state index in [1.165, 1.54) is 0 Å². The first-order valence-corrected chi connectivity index (χ1v) is 4.22. The van der Waals surface area contributed by atoms with E-state index in [0.717, 1.165) is 0 Å². The lowest BCUT2D eigenvalue weighted by Gasteiger charge is -2.24. The van der Waals surface area contributed by atoms with Crippen LogP contribution in [0, 0.1) is 0 Å². The van der Waals surface area contributed by atoms with Crippen molar-refractivity contribution in [2.45, 2.75) is 24.9 Å². The van der Waals surface area contributed by atoms with Gasteiger partial charge in [-0.05, 0) is 19.3 Å². The van der Waals surface area contributed by atoms with Gasteiger partial charge in [0.25, 0.3) is 0 Å².